The molecule has 88 valence electrons. The van der Waals surface area contributed by atoms with Gasteiger partial charge in [0, 0.05) is 13.2 Å². The number of hydrogen-bond donors (Lipinski definition) is 1. The predicted molar refractivity (Wildman–Crippen MR) is 62.0 cm³/mol. The van der Waals surface area contributed by atoms with E-state index in [9.17, 15) is 0 Å². The van der Waals surface area contributed by atoms with E-state index in [0.717, 1.165) is 18.4 Å². The largest absolute Gasteiger partial charge is 0.383 e. The van der Waals surface area contributed by atoms with Gasteiger partial charge in [0.1, 0.15) is 0 Å². The molecule has 0 aromatic rings. The van der Waals surface area contributed by atoms with E-state index in [-0.39, 0.29) is 0 Å². The van der Waals surface area contributed by atoms with Crippen LogP contribution < -0.4 is 5.32 Å². The molecule has 2 unspecified atom stereocenters. The number of hydrogen-bond acceptors (Lipinski definition) is 3. The highest BCUT2D eigenvalue weighted by Crippen LogP contribution is 2.30. The second-order valence-electron chi connectivity index (χ2n) is 5.20. The Morgan fingerprint density at radius 2 is 2.00 bits per heavy atom. The molecular weight excluding hydrogens is 188 g/mol. The first kappa shape index (κ1) is 11.4. The van der Waals surface area contributed by atoms with E-state index in [4.69, 9.17) is 4.74 Å². The summed E-state index contributed by atoms with van der Waals surface area (Å²) in [5, 5.41) is 3.58. The van der Waals surface area contributed by atoms with Crippen LogP contribution in [0.5, 0.6) is 0 Å². The topological polar surface area (TPSA) is 24.5 Å². The van der Waals surface area contributed by atoms with E-state index in [2.05, 4.69) is 17.3 Å². The zero-order valence-electron chi connectivity index (χ0n) is 10.0. The zero-order valence-corrected chi connectivity index (χ0v) is 10.0. The standard InChI is InChI=1S/C12H24N2O/c1-14-5-3-10(4-6-14)11-7-12(9-15-2)13-8-11/h10-13H,3-9H2,1-2H3. The molecule has 2 aliphatic rings. The van der Waals surface area contributed by atoms with E-state index in [1.54, 1.807) is 7.11 Å². The average molecular weight is 212 g/mol. The Morgan fingerprint density at radius 3 is 2.67 bits per heavy atom. The van der Waals surface area contributed by atoms with Gasteiger partial charge in [-0.15, -0.1) is 0 Å². The van der Waals surface area contributed by atoms with Crippen LogP contribution in [0.15, 0.2) is 0 Å². The van der Waals surface area contributed by atoms with E-state index < -0.39 is 0 Å². The number of piperidine rings is 1. The number of likely N-dealkylation sites (tertiary alicyclic amines) is 1. The highest BCUT2D eigenvalue weighted by molar-refractivity contribution is 4.87. The van der Waals surface area contributed by atoms with Gasteiger partial charge in [-0.1, -0.05) is 0 Å². The second-order valence-corrected chi connectivity index (χ2v) is 5.20. The third-order valence-electron chi connectivity index (χ3n) is 4.05. The highest BCUT2D eigenvalue weighted by Gasteiger charge is 2.31. The lowest BCUT2D eigenvalue weighted by atomic mass is 9.83. The molecule has 2 aliphatic heterocycles. The minimum Gasteiger partial charge on any atom is -0.383 e. The van der Waals surface area contributed by atoms with Crippen molar-refractivity contribution in [1.29, 1.82) is 0 Å². The summed E-state index contributed by atoms with van der Waals surface area (Å²) in [5.41, 5.74) is 0. The lowest BCUT2D eigenvalue weighted by molar-refractivity contribution is 0.159. The van der Waals surface area contributed by atoms with E-state index >= 15 is 0 Å². The van der Waals surface area contributed by atoms with Crippen LogP contribution in [-0.2, 0) is 4.74 Å². The van der Waals surface area contributed by atoms with Crippen LogP contribution in [0.4, 0.5) is 0 Å². The van der Waals surface area contributed by atoms with Crippen LogP contribution in [-0.4, -0.2) is 51.3 Å². The average Bonchev–Trinajstić information content (AvgIpc) is 2.68. The van der Waals surface area contributed by atoms with Crippen molar-refractivity contribution in [3.8, 4) is 0 Å². The van der Waals surface area contributed by atoms with Crippen molar-refractivity contribution in [2.45, 2.75) is 25.3 Å². The summed E-state index contributed by atoms with van der Waals surface area (Å²) in [6.45, 7) is 4.66. The van der Waals surface area contributed by atoms with Crippen LogP contribution >= 0.6 is 0 Å². The van der Waals surface area contributed by atoms with Crippen LogP contribution in [0.25, 0.3) is 0 Å². The van der Waals surface area contributed by atoms with Gasteiger partial charge in [0.15, 0.2) is 0 Å². The summed E-state index contributed by atoms with van der Waals surface area (Å²) in [5.74, 6) is 1.86. The van der Waals surface area contributed by atoms with Gasteiger partial charge in [0.2, 0.25) is 0 Å². The highest BCUT2D eigenvalue weighted by atomic mass is 16.5. The summed E-state index contributed by atoms with van der Waals surface area (Å²) in [6, 6.07) is 0.611. The van der Waals surface area contributed by atoms with Gasteiger partial charge in [-0.25, -0.2) is 0 Å². The maximum absolute atomic E-state index is 5.21. The molecule has 2 saturated heterocycles. The molecular formula is C12H24N2O. The van der Waals surface area contributed by atoms with Crippen LogP contribution in [0, 0.1) is 11.8 Å². The molecule has 3 heteroatoms. The molecule has 0 spiro atoms. The molecule has 2 heterocycles. The number of rotatable bonds is 3. The van der Waals surface area contributed by atoms with Crippen molar-refractivity contribution in [2.75, 3.05) is 40.4 Å². The van der Waals surface area contributed by atoms with Gasteiger partial charge in [-0.2, -0.15) is 0 Å². The number of nitrogens with zero attached hydrogens (tertiary/aromatic N) is 1. The lowest BCUT2D eigenvalue weighted by Crippen LogP contribution is -2.33. The lowest BCUT2D eigenvalue weighted by Gasteiger charge is -2.32. The Labute approximate surface area is 93.2 Å². The molecule has 0 aromatic carbocycles. The molecule has 3 nitrogen and oxygen atoms in total. The molecule has 1 N–H and O–H groups in total. The number of ether oxygens (including phenoxy) is 1. The minimum absolute atomic E-state index is 0.611. The molecule has 0 bridgehead atoms. The molecule has 0 radical (unpaired) electrons. The first-order chi connectivity index (χ1) is 7.29. The van der Waals surface area contributed by atoms with Crippen LogP contribution in [0.2, 0.25) is 0 Å². The van der Waals surface area contributed by atoms with Gasteiger partial charge >= 0.3 is 0 Å². The number of nitrogens with one attached hydrogen (secondary N) is 1. The number of methoxy groups -OCH3 is 1. The fraction of sp³-hybridized carbons (Fsp3) is 1.00. The Morgan fingerprint density at radius 1 is 1.27 bits per heavy atom. The Kier molecular flexibility index (Phi) is 4.00. The molecule has 2 fully saturated rings. The third-order valence-corrected chi connectivity index (χ3v) is 4.05. The van der Waals surface area contributed by atoms with E-state index in [0.29, 0.717) is 6.04 Å². The summed E-state index contributed by atoms with van der Waals surface area (Å²) >= 11 is 0. The monoisotopic (exact) mass is 212 g/mol. The molecule has 0 aliphatic carbocycles. The van der Waals surface area contributed by atoms with Crippen molar-refractivity contribution in [3.05, 3.63) is 0 Å². The first-order valence-electron chi connectivity index (χ1n) is 6.20. The zero-order chi connectivity index (χ0) is 10.7. The van der Waals surface area contributed by atoms with Crippen molar-refractivity contribution in [1.82, 2.24) is 10.2 Å². The molecule has 0 saturated carbocycles. The summed E-state index contributed by atoms with van der Waals surface area (Å²) in [6.07, 6.45) is 4.10. The van der Waals surface area contributed by atoms with Crippen LogP contribution in [0.3, 0.4) is 0 Å². The van der Waals surface area contributed by atoms with Gasteiger partial charge in [-0.05, 0) is 57.8 Å². The minimum atomic E-state index is 0.611. The van der Waals surface area contributed by atoms with Gasteiger partial charge in [0.25, 0.3) is 0 Å². The Bertz CT molecular complexity index is 190. The smallest absolute Gasteiger partial charge is 0.0615 e. The fourth-order valence-electron chi connectivity index (χ4n) is 3.04. The van der Waals surface area contributed by atoms with Crippen molar-refractivity contribution >= 4 is 0 Å². The van der Waals surface area contributed by atoms with Crippen molar-refractivity contribution in [2.24, 2.45) is 11.8 Å². The van der Waals surface area contributed by atoms with Crippen molar-refractivity contribution in [3.63, 3.8) is 0 Å². The molecule has 0 amide bonds. The van der Waals surface area contributed by atoms with E-state index in [1.807, 2.05) is 0 Å². The van der Waals surface area contributed by atoms with Crippen molar-refractivity contribution < 1.29 is 4.74 Å². The molecule has 2 rings (SSSR count). The maximum Gasteiger partial charge on any atom is 0.0615 e. The van der Waals surface area contributed by atoms with Crippen LogP contribution in [0.1, 0.15) is 19.3 Å². The third kappa shape index (κ3) is 2.92. The summed E-state index contributed by atoms with van der Waals surface area (Å²) in [7, 11) is 4.03. The predicted octanol–water partition coefficient (Wildman–Crippen LogP) is 0.953. The Hall–Kier alpha value is -0.120. The second kappa shape index (κ2) is 5.28. The van der Waals surface area contributed by atoms with E-state index in [1.165, 1.54) is 38.9 Å². The molecule has 0 aromatic heterocycles. The quantitative estimate of drug-likeness (QED) is 0.754. The summed E-state index contributed by atoms with van der Waals surface area (Å²) in [4.78, 5) is 2.45. The van der Waals surface area contributed by atoms with Gasteiger partial charge in [0.05, 0.1) is 6.61 Å². The maximum atomic E-state index is 5.21. The van der Waals surface area contributed by atoms with Gasteiger partial charge in [-0.3, -0.25) is 0 Å². The molecule has 15 heavy (non-hydrogen) atoms. The molecule has 2 atom stereocenters. The van der Waals surface area contributed by atoms with Gasteiger partial charge < -0.3 is 15.0 Å². The SMILES string of the molecule is COCC1CC(C2CCN(C)CC2)CN1. The Balaban J connectivity index is 1.75. The summed E-state index contributed by atoms with van der Waals surface area (Å²) < 4.78 is 5.21. The normalized spacial score (nSPS) is 34.8. The fourth-order valence-corrected chi connectivity index (χ4v) is 3.04. The first-order valence-corrected chi connectivity index (χ1v) is 6.20.